The summed E-state index contributed by atoms with van der Waals surface area (Å²) in [6.07, 6.45) is 6.04. The molecule has 2 aromatic heterocycles. The van der Waals surface area contributed by atoms with E-state index >= 15 is 0 Å². The summed E-state index contributed by atoms with van der Waals surface area (Å²) in [6, 6.07) is 12.7. The van der Waals surface area contributed by atoms with Crippen molar-refractivity contribution in [1.82, 2.24) is 14.6 Å². The van der Waals surface area contributed by atoms with E-state index in [-0.39, 0.29) is 11.8 Å². The lowest BCUT2D eigenvalue weighted by Crippen LogP contribution is -2.40. The third-order valence-electron chi connectivity index (χ3n) is 6.81. The van der Waals surface area contributed by atoms with Crippen LogP contribution in [0.3, 0.4) is 0 Å². The van der Waals surface area contributed by atoms with Gasteiger partial charge >= 0.3 is 0 Å². The molecule has 0 bridgehead atoms. The van der Waals surface area contributed by atoms with E-state index < -0.39 is 10.0 Å². The maximum absolute atomic E-state index is 13.0. The molecule has 2 saturated heterocycles. The van der Waals surface area contributed by atoms with Gasteiger partial charge in [0.1, 0.15) is 11.6 Å². The van der Waals surface area contributed by atoms with Crippen molar-refractivity contribution in [3.05, 3.63) is 54.5 Å². The number of rotatable bonds is 6. The number of carbonyl (C=O) groups is 1. The monoisotopic (exact) mass is 482 g/mol. The number of piperidine rings is 2. The molecule has 5 rings (SSSR count). The number of hydrogen-bond acceptors (Lipinski definition) is 6. The fourth-order valence-electron chi connectivity index (χ4n) is 4.79. The van der Waals surface area contributed by atoms with E-state index in [0.717, 1.165) is 67.7 Å². The van der Waals surface area contributed by atoms with Gasteiger partial charge in [0.15, 0.2) is 0 Å². The number of nitrogens with zero attached hydrogens (tertiary/aromatic N) is 3. The van der Waals surface area contributed by atoms with E-state index in [1.807, 2.05) is 24.3 Å². The number of pyridine rings is 1. The number of hydrogen-bond donors (Lipinski definition) is 1. The Bertz CT molecular complexity index is 1250. The smallest absolute Gasteiger partial charge is 0.243 e. The van der Waals surface area contributed by atoms with E-state index in [4.69, 9.17) is 9.40 Å². The van der Waals surface area contributed by atoms with Crippen LogP contribution in [0.15, 0.2) is 58.0 Å². The molecule has 0 saturated carbocycles. The number of carbonyl (C=O) groups excluding carboxylic acids is 1. The number of amides is 1. The second-order valence-electron chi connectivity index (χ2n) is 9.05. The molecule has 0 radical (unpaired) electrons. The molecule has 8 nitrogen and oxygen atoms in total. The second-order valence-corrected chi connectivity index (χ2v) is 11.0. The first-order valence-electron chi connectivity index (χ1n) is 12.0. The Morgan fingerprint density at radius 1 is 1.03 bits per heavy atom. The largest absolute Gasteiger partial charge is 0.467 e. The Morgan fingerprint density at radius 2 is 1.82 bits per heavy atom. The van der Waals surface area contributed by atoms with Crippen LogP contribution in [0, 0.1) is 5.92 Å². The normalized spacial score (nSPS) is 18.3. The molecule has 4 heterocycles. The fraction of sp³-hybridized carbons (Fsp3) is 0.440. The Kier molecular flexibility index (Phi) is 6.56. The zero-order valence-electron chi connectivity index (χ0n) is 19.2. The summed E-state index contributed by atoms with van der Waals surface area (Å²) >= 11 is 0. The maximum Gasteiger partial charge on any atom is 0.243 e. The summed E-state index contributed by atoms with van der Waals surface area (Å²) < 4.78 is 32.9. The lowest BCUT2D eigenvalue weighted by atomic mass is 9.96. The molecule has 1 amide bonds. The van der Waals surface area contributed by atoms with E-state index in [2.05, 4.69) is 10.2 Å². The van der Waals surface area contributed by atoms with E-state index in [0.29, 0.717) is 24.5 Å². The van der Waals surface area contributed by atoms with Gasteiger partial charge < -0.3 is 14.6 Å². The summed E-state index contributed by atoms with van der Waals surface area (Å²) in [5, 5.41) is 3.77. The topological polar surface area (TPSA) is 95.8 Å². The van der Waals surface area contributed by atoms with Gasteiger partial charge in [-0.25, -0.2) is 13.4 Å². The summed E-state index contributed by atoms with van der Waals surface area (Å²) in [5.41, 5.74) is 0.772. The molecular formula is C25H30N4O4S. The summed E-state index contributed by atoms with van der Waals surface area (Å²) in [5.74, 6) is 1.64. The molecule has 180 valence electrons. The highest BCUT2D eigenvalue weighted by molar-refractivity contribution is 7.89. The predicted molar refractivity (Wildman–Crippen MR) is 130 cm³/mol. The van der Waals surface area contributed by atoms with Crippen molar-refractivity contribution in [2.45, 2.75) is 43.5 Å². The minimum Gasteiger partial charge on any atom is -0.467 e. The van der Waals surface area contributed by atoms with Gasteiger partial charge in [-0.15, -0.1) is 0 Å². The third kappa shape index (κ3) is 4.81. The van der Waals surface area contributed by atoms with Crippen LogP contribution in [0.4, 0.5) is 5.82 Å². The van der Waals surface area contributed by atoms with E-state index in [1.54, 1.807) is 28.8 Å². The van der Waals surface area contributed by atoms with Crippen molar-refractivity contribution in [3.63, 3.8) is 0 Å². The predicted octanol–water partition coefficient (Wildman–Crippen LogP) is 3.54. The Morgan fingerprint density at radius 3 is 2.56 bits per heavy atom. The highest BCUT2D eigenvalue weighted by Gasteiger charge is 2.27. The van der Waals surface area contributed by atoms with Gasteiger partial charge in [0, 0.05) is 37.5 Å². The molecule has 2 aliphatic rings. The first-order chi connectivity index (χ1) is 16.5. The minimum absolute atomic E-state index is 0.0192. The summed E-state index contributed by atoms with van der Waals surface area (Å²) in [6.45, 7) is 3.09. The standard InChI is InChI=1S/C25H30N4O4S/c30-25(26-18-21-5-4-16-33-21)19-10-14-28(15-11-19)24-9-6-20-17-22(7-8-23(20)27-24)34(31,32)29-12-2-1-3-13-29/h4-9,16-17,19H,1-3,10-15,18H2,(H,26,30). The maximum atomic E-state index is 13.0. The van der Waals surface area contributed by atoms with Crippen molar-refractivity contribution >= 4 is 32.7 Å². The van der Waals surface area contributed by atoms with Gasteiger partial charge in [-0.1, -0.05) is 6.42 Å². The molecule has 0 atom stereocenters. The molecule has 1 N–H and O–H groups in total. The molecule has 3 aromatic rings. The first kappa shape index (κ1) is 22.9. The van der Waals surface area contributed by atoms with Gasteiger partial charge in [0.2, 0.25) is 15.9 Å². The zero-order valence-corrected chi connectivity index (χ0v) is 20.0. The van der Waals surface area contributed by atoms with E-state index in [9.17, 15) is 13.2 Å². The highest BCUT2D eigenvalue weighted by atomic mass is 32.2. The van der Waals surface area contributed by atoms with Crippen LogP contribution in [0.2, 0.25) is 0 Å². The minimum atomic E-state index is -3.47. The zero-order chi connectivity index (χ0) is 23.5. The SMILES string of the molecule is O=C(NCc1ccco1)C1CCN(c2ccc3cc(S(=O)(=O)N4CCCCC4)ccc3n2)CC1. The molecular weight excluding hydrogens is 452 g/mol. The Balaban J connectivity index is 1.22. The fourth-order valence-corrected chi connectivity index (χ4v) is 6.34. The van der Waals surface area contributed by atoms with Crippen molar-refractivity contribution in [2.75, 3.05) is 31.1 Å². The average molecular weight is 483 g/mol. The average Bonchev–Trinajstić information content (AvgIpc) is 3.41. The quantitative estimate of drug-likeness (QED) is 0.577. The second kappa shape index (κ2) is 9.76. The number of sulfonamides is 1. The van der Waals surface area contributed by atoms with Gasteiger partial charge in [-0.3, -0.25) is 4.79 Å². The number of anilines is 1. The highest BCUT2D eigenvalue weighted by Crippen LogP contribution is 2.27. The molecule has 1 aromatic carbocycles. The Labute approximate surface area is 200 Å². The Hall–Kier alpha value is -2.91. The van der Waals surface area contributed by atoms with Gasteiger partial charge in [-0.2, -0.15) is 4.31 Å². The van der Waals surface area contributed by atoms with Crippen LogP contribution in [-0.2, 0) is 21.4 Å². The van der Waals surface area contributed by atoms with Crippen molar-refractivity contribution < 1.29 is 17.6 Å². The summed E-state index contributed by atoms with van der Waals surface area (Å²) in [4.78, 5) is 19.8. The van der Waals surface area contributed by atoms with Gasteiger partial charge in [-0.05, 0) is 68.1 Å². The molecule has 2 aliphatic heterocycles. The molecule has 0 unspecified atom stereocenters. The number of furan rings is 1. The summed E-state index contributed by atoms with van der Waals surface area (Å²) in [7, 11) is -3.47. The number of aromatic nitrogens is 1. The van der Waals surface area contributed by atoms with Crippen LogP contribution in [0.1, 0.15) is 37.9 Å². The van der Waals surface area contributed by atoms with Crippen LogP contribution in [0.5, 0.6) is 0 Å². The number of benzene rings is 1. The van der Waals surface area contributed by atoms with Crippen LogP contribution < -0.4 is 10.2 Å². The van der Waals surface area contributed by atoms with Crippen molar-refractivity contribution in [1.29, 1.82) is 0 Å². The molecule has 0 spiro atoms. The molecule has 2 fully saturated rings. The molecule has 9 heteroatoms. The van der Waals surface area contributed by atoms with Crippen molar-refractivity contribution in [2.24, 2.45) is 5.92 Å². The molecule has 34 heavy (non-hydrogen) atoms. The van der Waals surface area contributed by atoms with Crippen LogP contribution in [0.25, 0.3) is 10.9 Å². The van der Waals surface area contributed by atoms with E-state index in [1.165, 1.54) is 0 Å². The number of fused-ring (bicyclic) bond motifs is 1. The lowest BCUT2D eigenvalue weighted by molar-refractivity contribution is -0.125. The van der Waals surface area contributed by atoms with Crippen molar-refractivity contribution in [3.8, 4) is 0 Å². The molecule has 0 aliphatic carbocycles. The first-order valence-corrected chi connectivity index (χ1v) is 13.4. The van der Waals surface area contributed by atoms with Gasteiger partial charge in [0.25, 0.3) is 0 Å². The van der Waals surface area contributed by atoms with Crippen LogP contribution >= 0.6 is 0 Å². The lowest BCUT2D eigenvalue weighted by Gasteiger charge is -2.32. The third-order valence-corrected chi connectivity index (χ3v) is 8.70. The van der Waals surface area contributed by atoms with Crippen LogP contribution in [-0.4, -0.2) is 49.8 Å². The van der Waals surface area contributed by atoms with Gasteiger partial charge in [0.05, 0.1) is 23.2 Å². The number of nitrogens with one attached hydrogen (secondary N) is 1.